The first-order chi connectivity index (χ1) is 11.2. The second kappa shape index (κ2) is 6.61. The van der Waals surface area contributed by atoms with Crippen LogP contribution in [0.3, 0.4) is 0 Å². The van der Waals surface area contributed by atoms with Crippen LogP contribution in [0, 0.1) is 0 Å². The van der Waals surface area contributed by atoms with Gasteiger partial charge in [0.2, 0.25) is 0 Å². The van der Waals surface area contributed by atoms with Crippen molar-refractivity contribution in [2.75, 3.05) is 13.7 Å². The summed E-state index contributed by atoms with van der Waals surface area (Å²) in [6, 6.07) is 4.63. The van der Waals surface area contributed by atoms with Gasteiger partial charge in [-0.25, -0.2) is 9.59 Å². The van der Waals surface area contributed by atoms with E-state index in [1.165, 1.54) is 39.2 Å². The van der Waals surface area contributed by atoms with Crippen LogP contribution in [-0.4, -0.2) is 37.3 Å². The number of rotatable bonds is 5. The highest BCUT2D eigenvalue weighted by molar-refractivity contribution is 6.18. The maximum absolute atomic E-state index is 11.9. The van der Waals surface area contributed by atoms with Gasteiger partial charge in [-0.3, -0.25) is 4.79 Å². The van der Waals surface area contributed by atoms with E-state index in [2.05, 4.69) is 0 Å². The van der Waals surface area contributed by atoms with E-state index in [1.807, 2.05) is 0 Å². The van der Waals surface area contributed by atoms with Gasteiger partial charge >= 0.3 is 11.9 Å². The molecule has 1 fully saturated rings. The third-order valence-electron chi connectivity index (χ3n) is 2.99. The second-order valence-corrected chi connectivity index (χ2v) is 5.40. The molecule has 0 atom stereocenters. The quantitative estimate of drug-likeness (QED) is 0.480. The third-order valence-corrected chi connectivity index (χ3v) is 2.99. The van der Waals surface area contributed by atoms with Gasteiger partial charge in [0, 0.05) is 13.8 Å². The van der Waals surface area contributed by atoms with Crippen molar-refractivity contribution in [3.8, 4) is 11.5 Å². The first kappa shape index (κ1) is 17.3. The minimum absolute atomic E-state index is 0.234. The second-order valence-electron chi connectivity index (χ2n) is 5.40. The Labute approximate surface area is 138 Å². The summed E-state index contributed by atoms with van der Waals surface area (Å²) in [4.78, 5) is 34.6. The molecule has 0 aromatic heterocycles. The molecule has 1 aliphatic heterocycles. The Morgan fingerprint density at radius 3 is 2.38 bits per heavy atom. The normalized spacial score (nSPS) is 16.0. The van der Waals surface area contributed by atoms with Crippen LogP contribution in [0.2, 0.25) is 0 Å². The topological polar surface area (TPSA) is 114 Å². The molecule has 2 rings (SSSR count). The molecular weight excluding hydrogens is 318 g/mol. The summed E-state index contributed by atoms with van der Waals surface area (Å²) in [6.07, 6.45) is 1.32. The third kappa shape index (κ3) is 4.03. The molecule has 1 aromatic rings. The monoisotopic (exact) mass is 335 g/mol. The molecule has 24 heavy (non-hydrogen) atoms. The lowest BCUT2D eigenvalue weighted by atomic mass is 10.1. The van der Waals surface area contributed by atoms with E-state index in [-0.39, 0.29) is 12.2 Å². The van der Waals surface area contributed by atoms with Crippen molar-refractivity contribution >= 4 is 23.9 Å². The zero-order valence-corrected chi connectivity index (χ0v) is 13.5. The average molecular weight is 335 g/mol. The number of primary amides is 1. The molecule has 1 aliphatic rings. The zero-order chi connectivity index (χ0) is 17.9. The van der Waals surface area contributed by atoms with E-state index in [4.69, 9.17) is 24.7 Å². The van der Waals surface area contributed by atoms with E-state index in [1.54, 1.807) is 6.07 Å². The maximum atomic E-state index is 11.9. The van der Waals surface area contributed by atoms with Crippen LogP contribution >= 0.6 is 0 Å². The molecule has 0 spiro atoms. The van der Waals surface area contributed by atoms with Gasteiger partial charge < -0.3 is 24.7 Å². The molecular formula is C16H17NO7. The number of cyclic esters (lactones) is 2. The van der Waals surface area contributed by atoms with Gasteiger partial charge in [0.05, 0.1) is 7.11 Å². The van der Waals surface area contributed by atoms with E-state index in [0.29, 0.717) is 17.1 Å². The number of hydrogen-bond donors (Lipinski definition) is 1. The molecule has 1 heterocycles. The van der Waals surface area contributed by atoms with Crippen LogP contribution < -0.4 is 15.2 Å². The lowest BCUT2D eigenvalue weighted by Gasteiger charge is -2.29. The Kier molecular flexibility index (Phi) is 4.77. The van der Waals surface area contributed by atoms with Crippen LogP contribution in [-0.2, 0) is 23.9 Å². The Morgan fingerprint density at radius 2 is 1.83 bits per heavy atom. The predicted molar refractivity (Wildman–Crippen MR) is 81.9 cm³/mol. The SMILES string of the molecule is COc1cc(C=C2C(=O)OC(C)(C)OC2=O)ccc1OCC(N)=O. The maximum Gasteiger partial charge on any atom is 0.348 e. The smallest absolute Gasteiger partial charge is 0.348 e. The number of benzene rings is 1. The van der Waals surface area contributed by atoms with E-state index >= 15 is 0 Å². The summed E-state index contributed by atoms with van der Waals surface area (Å²) in [5, 5.41) is 0. The fourth-order valence-electron chi connectivity index (χ4n) is 1.99. The number of hydrogen-bond acceptors (Lipinski definition) is 7. The summed E-state index contributed by atoms with van der Waals surface area (Å²) >= 11 is 0. The van der Waals surface area contributed by atoms with Gasteiger partial charge in [-0.05, 0) is 23.8 Å². The van der Waals surface area contributed by atoms with Crippen LogP contribution in [0.5, 0.6) is 11.5 Å². The van der Waals surface area contributed by atoms with E-state index in [0.717, 1.165) is 0 Å². The molecule has 8 nitrogen and oxygen atoms in total. The van der Waals surface area contributed by atoms with Crippen LogP contribution in [0.4, 0.5) is 0 Å². The molecule has 0 aliphatic carbocycles. The lowest BCUT2D eigenvalue weighted by molar-refractivity contribution is -0.222. The number of carbonyl (C=O) groups is 3. The molecule has 0 bridgehead atoms. The number of carbonyl (C=O) groups excluding carboxylic acids is 3. The number of ether oxygens (including phenoxy) is 4. The summed E-state index contributed by atoms with van der Waals surface area (Å²) in [7, 11) is 1.41. The van der Waals surface area contributed by atoms with Crippen molar-refractivity contribution in [1.29, 1.82) is 0 Å². The first-order valence-electron chi connectivity index (χ1n) is 6.99. The number of esters is 2. The minimum atomic E-state index is -1.30. The highest BCUT2D eigenvalue weighted by atomic mass is 16.7. The first-order valence-corrected chi connectivity index (χ1v) is 6.99. The fraction of sp³-hybridized carbons (Fsp3) is 0.312. The van der Waals surface area contributed by atoms with Gasteiger partial charge in [-0.1, -0.05) is 6.07 Å². The van der Waals surface area contributed by atoms with Crippen molar-refractivity contribution in [3.63, 3.8) is 0 Å². The van der Waals surface area contributed by atoms with Crippen LogP contribution in [0.25, 0.3) is 6.08 Å². The van der Waals surface area contributed by atoms with Crippen molar-refractivity contribution in [1.82, 2.24) is 0 Å². The summed E-state index contributed by atoms with van der Waals surface area (Å²) < 4.78 is 20.4. The van der Waals surface area contributed by atoms with Crippen molar-refractivity contribution in [3.05, 3.63) is 29.3 Å². The Bertz CT molecular complexity index is 699. The van der Waals surface area contributed by atoms with E-state index in [9.17, 15) is 14.4 Å². The molecule has 8 heteroatoms. The van der Waals surface area contributed by atoms with Crippen LogP contribution in [0.15, 0.2) is 23.8 Å². The van der Waals surface area contributed by atoms with Crippen molar-refractivity contribution < 1.29 is 33.3 Å². The molecule has 0 radical (unpaired) electrons. The molecule has 0 saturated carbocycles. The molecule has 1 aromatic carbocycles. The average Bonchev–Trinajstić information content (AvgIpc) is 2.48. The fourth-order valence-corrected chi connectivity index (χ4v) is 1.99. The highest BCUT2D eigenvalue weighted by Crippen LogP contribution is 2.30. The molecule has 128 valence electrons. The lowest BCUT2D eigenvalue weighted by Crippen LogP contribution is -2.41. The molecule has 2 N–H and O–H groups in total. The number of nitrogens with two attached hydrogens (primary N) is 1. The van der Waals surface area contributed by atoms with Gasteiger partial charge in [-0.2, -0.15) is 0 Å². The molecule has 1 saturated heterocycles. The van der Waals surface area contributed by atoms with Crippen LogP contribution in [0.1, 0.15) is 19.4 Å². The molecule has 0 unspecified atom stereocenters. The van der Waals surface area contributed by atoms with E-state index < -0.39 is 23.6 Å². The van der Waals surface area contributed by atoms with Crippen molar-refractivity contribution in [2.45, 2.75) is 19.6 Å². The predicted octanol–water partition coefficient (Wildman–Crippen LogP) is 0.779. The highest BCUT2D eigenvalue weighted by Gasteiger charge is 2.38. The summed E-state index contributed by atoms with van der Waals surface area (Å²) in [5.41, 5.74) is 5.27. The summed E-state index contributed by atoms with van der Waals surface area (Å²) in [6.45, 7) is 2.63. The number of methoxy groups -OCH3 is 1. The Hall–Kier alpha value is -3.03. The van der Waals surface area contributed by atoms with Gasteiger partial charge in [0.15, 0.2) is 18.1 Å². The standard InChI is InChI=1S/C16H17NO7/c1-16(2)23-14(19)10(15(20)24-16)6-9-4-5-11(12(7-9)21-3)22-8-13(17)18/h4-7H,8H2,1-3H3,(H2,17,18). The van der Waals surface area contributed by atoms with Gasteiger partial charge in [-0.15, -0.1) is 0 Å². The van der Waals surface area contributed by atoms with Crippen molar-refractivity contribution in [2.24, 2.45) is 5.73 Å². The molecule has 1 amide bonds. The Balaban J connectivity index is 2.28. The largest absolute Gasteiger partial charge is 0.493 e. The zero-order valence-electron chi connectivity index (χ0n) is 13.5. The Morgan fingerprint density at radius 1 is 1.21 bits per heavy atom. The summed E-state index contributed by atoms with van der Waals surface area (Å²) in [5.74, 6) is -2.86. The minimum Gasteiger partial charge on any atom is -0.493 e. The van der Waals surface area contributed by atoms with Gasteiger partial charge in [0.25, 0.3) is 11.7 Å². The van der Waals surface area contributed by atoms with Gasteiger partial charge in [0.1, 0.15) is 5.57 Å². The number of amides is 1.